The normalized spacial score (nSPS) is 10.6. The number of carbonyl (C=O) groups is 1. The Bertz CT molecular complexity index is 933. The van der Waals surface area contributed by atoms with Gasteiger partial charge >= 0.3 is 5.63 Å². The van der Waals surface area contributed by atoms with Crippen LogP contribution in [0.4, 0.5) is 0 Å². The molecule has 0 bridgehead atoms. The smallest absolute Gasteiger partial charge is 0.349 e. The van der Waals surface area contributed by atoms with Gasteiger partial charge in [0.2, 0.25) is 0 Å². The molecule has 2 N–H and O–H groups in total. The summed E-state index contributed by atoms with van der Waals surface area (Å²) in [5.74, 6) is -0.00825. The van der Waals surface area contributed by atoms with Gasteiger partial charge in [-0.15, -0.1) is 0 Å². The fourth-order valence-electron chi connectivity index (χ4n) is 2.35. The predicted molar refractivity (Wildman–Crippen MR) is 92.7 cm³/mol. The largest absolute Gasteiger partial charge is 0.489 e. The minimum atomic E-state index is -0.733. The van der Waals surface area contributed by atoms with Crippen LogP contribution < -0.4 is 15.7 Å². The molecule has 0 aliphatic carbocycles. The monoisotopic (exact) mass is 339 g/mol. The lowest BCUT2D eigenvalue weighted by atomic mass is 10.1. The first kappa shape index (κ1) is 16.7. The molecule has 3 rings (SSSR count). The maximum absolute atomic E-state index is 12.0. The fourth-order valence-corrected chi connectivity index (χ4v) is 2.35. The first-order valence-electron chi connectivity index (χ1n) is 7.81. The molecule has 0 saturated heterocycles. The second-order valence-corrected chi connectivity index (χ2v) is 5.40. The standard InChI is InChI=1S/C19H17NO5/c21-9-8-20-18(22)16-10-14-6-7-15(11-17(14)25-19(16)23)24-12-13-4-2-1-3-5-13/h1-7,10-11,21H,8-9,12H2,(H,20,22). The number of hydrogen-bond acceptors (Lipinski definition) is 5. The Labute approximate surface area is 143 Å². The minimum absolute atomic E-state index is 0.0720. The van der Waals surface area contributed by atoms with Gasteiger partial charge in [0.1, 0.15) is 23.5 Å². The van der Waals surface area contributed by atoms with Crippen LogP contribution in [0.1, 0.15) is 15.9 Å². The lowest BCUT2D eigenvalue weighted by Crippen LogP contribution is -2.30. The predicted octanol–water partition coefficient (Wildman–Crippen LogP) is 2.09. The number of aliphatic hydroxyl groups excluding tert-OH is 1. The van der Waals surface area contributed by atoms with Crippen LogP contribution in [0.25, 0.3) is 11.0 Å². The van der Waals surface area contributed by atoms with Crippen LogP contribution >= 0.6 is 0 Å². The van der Waals surface area contributed by atoms with Crippen molar-refractivity contribution in [3.05, 3.63) is 76.1 Å². The topological polar surface area (TPSA) is 88.8 Å². The molecule has 6 heteroatoms. The van der Waals surface area contributed by atoms with E-state index >= 15 is 0 Å². The van der Waals surface area contributed by atoms with Gasteiger partial charge in [-0.3, -0.25) is 4.79 Å². The van der Waals surface area contributed by atoms with Crippen molar-refractivity contribution in [2.75, 3.05) is 13.2 Å². The second-order valence-electron chi connectivity index (χ2n) is 5.40. The van der Waals surface area contributed by atoms with Crippen molar-refractivity contribution in [1.29, 1.82) is 0 Å². The van der Waals surface area contributed by atoms with E-state index in [4.69, 9.17) is 14.3 Å². The lowest BCUT2D eigenvalue weighted by molar-refractivity contribution is 0.0941. The Morgan fingerprint density at radius 2 is 1.92 bits per heavy atom. The molecule has 6 nitrogen and oxygen atoms in total. The number of aliphatic hydroxyl groups is 1. The summed E-state index contributed by atoms with van der Waals surface area (Å²) in [6, 6.07) is 16.3. The Hall–Kier alpha value is -3.12. The van der Waals surface area contributed by atoms with Crippen molar-refractivity contribution in [3.63, 3.8) is 0 Å². The summed E-state index contributed by atoms with van der Waals surface area (Å²) in [6.07, 6.45) is 0. The van der Waals surface area contributed by atoms with E-state index in [0.717, 1.165) is 5.56 Å². The minimum Gasteiger partial charge on any atom is -0.489 e. The first-order chi connectivity index (χ1) is 12.2. The maximum atomic E-state index is 12.0. The number of nitrogens with one attached hydrogen (secondary N) is 1. The molecule has 0 aliphatic rings. The van der Waals surface area contributed by atoms with E-state index in [1.54, 1.807) is 18.2 Å². The summed E-state index contributed by atoms with van der Waals surface area (Å²) in [7, 11) is 0. The molecule has 1 amide bonds. The van der Waals surface area contributed by atoms with Gasteiger partial charge in [0.05, 0.1) is 6.61 Å². The fraction of sp³-hybridized carbons (Fsp3) is 0.158. The zero-order valence-electron chi connectivity index (χ0n) is 13.4. The number of rotatable bonds is 6. The Kier molecular flexibility index (Phi) is 5.11. The summed E-state index contributed by atoms with van der Waals surface area (Å²) in [5.41, 5.74) is 0.538. The van der Waals surface area contributed by atoms with Gasteiger partial charge < -0.3 is 19.6 Å². The van der Waals surface area contributed by atoms with E-state index in [9.17, 15) is 9.59 Å². The van der Waals surface area contributed by atoms with Gasteiger partial charge in [-0.1, -0.05) is 30.3 Å². The van der Waals surface area contributed by atoms with Crippen LogP contribution in [-0.4, -0.2) is 24.2 Å². The van der Waals surface area contributed by atoms with Crippen molar-refractivity contribution in [2.45, 2.75) is 6.61 Å². The lowest BCUT2D eigenvalue weighted by Gasteiger charge is -2.08. The van der Waals surface area contributed by atoms with Crippen molar-refractivity contribution < 1.29 is 19.1 Å². The molecule has 0 unspecified atom stereocenters. The third kappa shape index (κ3) is 4.05. The molecule has 1 aromatic heterocycles. The molecule has 25 heavy (non-hydrogen) atoms. The molecule has 3 aromatic rings. The number of carbonyl (C=O) groups excluding carboxylic acids is 1. The third-order valence-electron chi connectivity index (χ3n) is 3.60. The molecular formula is C19H17NO5. The molecule has 0 aliphatic heterocycles. The van der Waals surface area contributed by atoms with Gasteiger partial charge in [0.15, 0.2) is 0 Å². The average Bonchev–Trinajstić information content (AvgIpc) is 2.64. The highest BCUT2D eigenvalue weighted by atomic mass is 16.5. The van der Waals surface area contributed by atoms with Gasteiger partial charge in [0.25, 0.3) is 5.91 Å². The van der Waals surface area contributed by atoms with E-state index in [1.165, 1.54) is 6.07 Å². The van der Waals surface area contributed by atoms with Gasteiger partial charge in [0, 0.05) is 18.0 Å². The van der Waals surface area contributed by atoms with Crippen LogP contribution in [0.3, 0.4) is 0 Å². The summed E-state index contributed by atoms with van der Waals surface area (Å²) in [4.78, 5) is 23.9. The summed E-state index contributed by atoms with van der Waals surface area (Å²) >= 11 is 0. The van der Waals surface area contributed by atoms with Gasteiger partial charge in [-0.25, -0.2) is 4.79 Å². The summed E-state index contributed by atoms with van der Waals surface area (Å²) < 4.78 is 10.9. The van der Waals surface area contributed by atoms with Crippen LogP contribution in [0.2, 0.25) is 0 Å². The number of fused-ring (bicyclic) bond motifs is 1. The van der Waals surface area contributed by atoms with Crippen molar-refractivity contribution in [1.82, 2.24) is 5.32 Å². The zero-order valence-corrected chi connectivity index (χ0v) is 13.4. The van der Waals surface area contributed by atoms with E-state index in [-0.39, 0.29) is 18.7 Å². The van der Waals surface area contributed by atoms with Gasteiger partial charge in [-0.05, 0) is 23.8 Å². The number of benzene rings is 2. The Morgan fingerprint density at radius 1 is 1.12 bits per heavy atom. The van der Waals surface area contributed by atoms with E-state index in [1.807, 2.05) is 30.3 Å². The maximum Gasteiger partial charge on any atom is 0.349 e. The zero-order chi connectivity index (χ0) is 17.6. The first-order valence-corrected chi connectivity index (χ1v) is 7.81. The highest BCUT2D eigenvalue weighted by Crippen LogP contribution is 2.21. The quantitative estimate of drug-likeness (QED) is 0.671. The molecule has 0 radical (unpaired) electrons. The number of hydrogen-bond donors (Lipinski definition) is 2. The van der Waals surface area contributed by atoms with E-state index < -0.39 is 11.5 Å². The summed E-state index contributed by atoms with van der Waals surface area (Å²) in [5, 5.41) is 11.8. The Morgan fingerprint density at radius 3 is 2.68 bits per heavy atom. The average molecular weight is 339 g/mol. The molecule has 0 spiro atoms. The van der Waals surface area contributed by atoms with Gasteiger partial charge in [-0.2, -0.15) is 0 Å². The number of amides is 1. The highest BCUT2D eigenvalue weighted by molar-refractivity contribution is 5.96. The van der Waals surface area contributed by atoms with Crippen LogP contribution in [-0.2, 0) is 6.61 Å². The van der Waals surface area contributed by atoms with Crippen molar-refractivity contribution >= 4 is 16.9 Å². The molecule has 1 heterocycles. The number of ether oxygens (including phenoxy) is 1. The Balaban J connectivity index is 1.81. The SMILES string of the molecule is O=C(NCCO)c1cc2ccc(OCc3ccccc3)cc2oc1=O. The molecule has 0 fully saturated rings. The molecular weight excluding hydrogens is 322 g/mol. The third-order valence-corrected chi connectivity index (χ3v) is 3.60. The highest BCUT2D eigenvalue weighted by Gasteiger charge is 2.13. The molecule has 2 aromatic carbocycles. The van der Waals surface area contributed by atoms with Crippen molar-refractivity contribution in [3.8, 4) is 5.75 Å². The molecule has 0 saturated carbocycles. The van der Waals surface area contributed by atoms with Crippen LogP contribution in [0.15, 0.2) is 63.8 Å². The second kappa shape index (κ2) is 7.63. The summed E-state index contributed by atoms with van der Waals surface area (Å²) in [6.45, 7) is 0.271. The van der Waals surface area contributed by atoms with Crippen LogP contribution in [0.5, 0.6) is 5.75 Å². The molecule has 0 atom stereocenters. The molecule has 128 valence electrons. The van der Waals surface area contributed by atoms with E-state index in [0.29, 0.717) is 23.3 Å². The van der Waals surface area contributed by atoms with Crippen molar-refractivity contribution in [2.24, 2.45) is 0 Å². The van der Waals surface area contributed by atoms with Crippen LogP contribution in [0, 0.1) is 0 Å². The van der Waals surface area contributed by atoms with E-state index in [2.05, 4.69) is 5.32 Å².